The van der Waals surface area contributed by atoms with Gasteiger partial charge in [0.1, 0.15) is 0 Å². The zero-order valence-electron chi connectivity index (χ0n) is 10.3. The first kappa shape index (κ1) is 14.8. The van der Waals surface area contributed by atoms with Gasteiger partial charge in [-0.15, -0.1) is 0 Å². The summed E-state index contributed by atoms with van der Waals surface area (Å²) in [5.74, 6) is 0. The summed E-state index contributed by atoms with van der Waals surface area (Å²) in [5, 5.41) is 22.7. The van der Waals surface area contributed by atoms with E-state index in [1.54, 1.807) is 21.0 Å². The molecule has 0 bridgehead atoms. The van der Waals surface area contributed by atoms with Gasteiger partial charge in [-0.25, -0.2) is 0 Å². The number of rotatable bonds is 8. The Hall–Kier alpha value is -0.160. The maximum atomic E-state index is 9.89. The number of ether oxygens (including phenoxy) is 1. The maximum Gasteiger partial charge on any atom is 0.0765 e. The largest absolute Gasteiger partial charge is 0.389 e. The first-order valence-corrected chi connectivity index (χ1v) is 5.47. The topological polar surface area (TPSA) is 61.7 Å². The normalized spacial score (nSPS) is 19.6. The van der Waals surface area contributed by atoms with E-state index >= 15 is 0 Å². The second kappa shape index (κ2) is 6.43. The van der Waals surface area contributed by atoms with Crippen LogP contribution in [0.4, 0.5) is 0 Å². The molecule has 0 aliphatic rings. The third kappa shape index (κ3) is 7.73. The van der Waals surface area contributed by atoms with Crippen LogP contribution in [-0.4, -0.2) is 48.2 Å². The van der Waals surface area contributed by atoms with Gasteiger partial charge >= 0.3 is 0 Å². The molecule has 0 rings (SSSR count). The molecular formula is C11H25NO3. The summed E-state index contributed by atoms with van der Waals surface area (Å²) in [5.41, 5.74) is -1.48. The van der Waals surface area contributed by atoms with Crippen LogP contribution in [0.1, 0.15) is 33.6 Å². The minimum absolute atomic E-state index is 0.465. The van der Waals surface area contributed by atoms with Gasteiger partial charge in [0.25, 0.3) is 0 Å². The Bertz CT molecular complexity index is 169. The van der Waals surface area contributed by atoms with Crippen LogP contribution in [-0.2, 0) is 4.74 Å². The minimum Gasteiger partial charge on any atom is -0.389 e. The lowest BCUT2D eigenvalue weighted by atomic mass is 10.0. The number of nitrogens with one attached hydrogen (secondary N) is 1. The number of hydrogen-bond donors (Lipinski definition) is 3. The second-order valence-electron chi connectivity index (χ2n) is 4.69. The summed E-state index contributed by atoms with van der Waals surface area (Å²) in [6, 6.07) is 0. The maximum absolute atomic E-state index is 9.89. The van der Waals surface area contributed by atoms with Gasteiger partial charge in [0.2, 0.25) is 0 Å². The third-order valence-electron chi connectivity index (χ3n) is 2.62. The Balaban J connectivity index is 3.74. The molecule has 4 nitrogen and oxygen atoms in total. The van der Waals surface area contributed by atoms with Crippen LogP contribution in [0.5, 0.6) is 0 Å². The van der Waals surface area contributed by atoms with Crippen molar-refractivity contribution in [2.24, 2.45) is 0 Å². The SMILES string of the molecule is CCC(C)(O)CNCC(C)(O)CCOC. The summed E-state index contributed by atoms with van der Waals surface area (Å²) >= 11 is 0. The smallest absolute Gasteiger partial charge is 0.0765 e. The molecule has 0 aromatic rings. The van der Waals surface area contributed by atoms with Crippen molar-refractivity contribution in [1.82, 2.24) is 5.32 Å². The molecule has 0 aliphatic heterocycles. The van der Waals surface area contributed by atoms with Crippen molar-refractivity contribution in [2.45, 2.75) is 44.8 Å². The van der Waals surface area contributed by atoms with Crippen molar-refractivity contribution in [3.8, 4) is 0 Å². The molecule has 0 radical (unpaired) electrons. The predicted octanol–water partition coefficient (Wildman–Crippen LogP) is 0.524. The van der Waals surface area contributed by atoms with Gasteiger partial charge in [-0.05, 0) is 20.3 Å². The molecule has 0 aromatic carbocycles. The first-order valence-electron chi connectivity index (χ1n) is 5.47. The summed E-state index contributed by atoms with van der Waals surface area (Å²) in [7, 11) is 1.62. The molecule has 0 amide bonds. The van der Waals surface area contributed by atoms with Crippen LogP contribution in [0.3, 0.4) is 0 Å². The Labute approximate surface area is 92.6 Å². The standard InChI is InChI=1S/C11H25NO3/c1-5-10(2,13)8-12-9-11(3,14)6-7-15-4/h12-14H,5-9H2,1-4H3. The van der Waals surface area contributed by atoms with Crippen LogP contribution < -0.4 is 5.32 Å². The molecule has 0 heterocycles. The van der Waals surface area contributed by atoms with Crippen molar-refractivity contribution in [1.29, 1.82) is 0 Å². The highest BCUT2D eigenvalue weighted by molar-refractivity contribution is 4.79. The van der Waals surface area contributed by atoms with E-state index in [2.05, 4.69) is 5.32 Å². The zero-order valence-corrected chi connectivity index (χ0v) is 10.3. The number of methoxy groups -OCH3 is 1. The lowest BCUT2D eigenvalue weighted by Gasteiger charge is -2.27. The average Bonchev–Trinajstić information content (AvgIpc) is 2.14. The fourth-order valence-electron chi connectivity index (χ4n) is 1.14. The Morgan fingerprint density at radius 2 is 1.67 bits per heavy atom. The highest BCUT2D eigenvalue weighted by Gasteiger charge is 2.22. The molecule has 3 N–H and O–H groups in total. The van der Waals surface area contributed by atoms with Crippen molar-refractivity contribution in [2.75, 3.05) is 26.8 Å². The molecule has 0 spiro atoms. The predicted molar refractivity (Wildman–Crippen MR) is 60.9 cm³/mol. The highest BCUT2D eigenvalue weighted by Crippen LogP contribution is 2.10. The van der Waals surface area contributed by atoms with Crippen LogP contribution >= 0.6 is 0 Å². The van der Waals surface area contributed by atoms with Gasteiger partial charge in [0.15, 0.2) is 0 Å². The molecule has 0 aromatic heterocycles. The van der Waals surface area contributed by atoms with Gasteiger partial charge in [0, 0.05) is 33.2 Å². The molecule has 2 atom stereocenters. The summed E-state index contributed by atoms with van der Waals surface area (Å²) < 4.78 is 4.91. The van der Waals surface area contributed by atoms with Gasteiger partial charge in [0.05, 0.1) is 11.2 Å². The molecule has 4 heteroatoms. The Morgan fingerprint density at radius 3 is 2.13 bits per heavy atom. The van der Waals surface area contributed by atoms with E-state index in [0.29, 0.717) is 32.5 Å². The van der Waals surface area contributed by atoms with E-state index in [0.717, 1.165) is 0 Å². The summed E-state index contributed by atoms with van der Waals surface area (Å²) in [6.07, 6.45) is 1.28. The monoisotopic (exact) mass is 219 g/mol. The molecule has 92 valence electrons. The third-order valence-corrected chi connectivity index (χ3v) is 2.62. The first-order chi connectivity index (χ1) is 6.83. The van der Waals surface area contributed by atoms with Crippen LogP contribution in [0.25, 0.3) is 0 Å². The van der Waals surface area contributed by atoms with E-state index in [-0.39, 0.29) is 0 Å². The zero-order chi connectivity index (χ0) is 11.9. The molecule has 0 aliphatic carbocycles. The molecule has 0 fully saturated rings. The molecular weight excluding hydrogens is 194 g/mol. The van der Waals surface area contributed by atoms with Gasteiger partial charge in [-0.3, -0.25) is 0 Å². The highest BCUT2D eigenvalue weighted by atomic mass is 16.5. The van der Waals surface area contributed by atoms with Gasteiger partial charge in [-0.1, -0.05) is 6.92 Å². The fourth-order valence-corrected chi connectivity index (χ4v) is 1.14. The van der Waals surface area contributed by atoms with E-state index in [1.807, 2.05) is 6.92 Å². The van der Waals surface area contributed by atoms with Crippen molar-refractivity contribution in [3.63, 3.8) is 0 Å². The lowest BCUT2D eigenvalue weighted by Crippen LogP contribution is -2.45. The Morgan fingerprint density at radius 1 is 1.13 bits per heavy atom. The van der Waals surface area contributed by atoms with Gasteiger partial charge in [-0.2, -0.15) is 0 Å². The van der Waals surface area contributed by atoms with Crippen LogP contribution in [0.15, 0.2) is 0 Å². The average molecular weight is 219 g/mol. The van der Waals surface area contributed by atoms with E-state index in [1.165, 1.54) is 0 Å². The summed E-state index contributed by atoms with van der Waals surface area (Å²) in [6.45, 7) is 6.98. The lowest BCUT2D eigenvalue weighted by molar-refractivity contribution is 0.0127. The van der Waals surface area contributed by atoms with E-state index in [9.17, 15) is 10.2 Å². The summed E-state index contributed by atoms with van der Waals surface area (Å²) in [4.78, 5) is 0. The van der Waals surface area contributed by atoms with Crippen LogP contribution in [0, 0.1) is 0 Å². The molecule has 0 saturated heterocycles. The second-order valence-corrected chi connectivity index (χ2v) is 4.69. The molecule has 0 saturated carbocycles. The Kier molecular flexibility index (Phi) is 6.36. The molecule has 15 heavy (non-hydrogen) atoms. The number of aliphatic hydroxyl groups is 2. The van der Waals surface area contributed by atoms with Crippen molar-refractivity contribution >= 4 is 0 Å². The number of hydrogen-bond acceptors (Lipinski definition) is 4. The minimum atomic E-state index is -0.778. The van der Waals surface area contributed by atoms with Gasteiger partial charge < -0.3 is 20.3 Å². The molecule has 2 unspecified atom stereocenters. The van der Waals surface area contributed by atoms with Crippen LogP contribution in [0.2, 0.25) is 0 Å². The van der Waals surface area contributed by atoms with E-state index < -0.39 is 11.2 Å². The van der Waals surface area contributed by atoms with E-state index in [4.69, 9.17) is 4.74 Å². The van der Waals surface area contributed by atoms with Crippen molar-refractivity contribution < 1.29 is 14.9 Å². The van der Waals surface area contributed by atoms with Crippen molar-refractivity contribution in [3.05, 3.63) is 0 Å². The quantitative estimate of drug-likeness (QED) is 0.557. The fraction of sp³-hybridized carbons (Fsp3) is 1.00.